The molecule has 0 spiro atoms. The van der Waals surface area contributed by atoms with Gasteiger partial charge in [0, 0.05) is 18.2 Å². The van der Waals surface area contributed by atoms with Crippen molar-refractivity contribution in [3.05, 3.63) is 52.4 Å². The first-order valence-electron chi connectivity index (χ1n) is 5.81. The zero-order valence-electron chi connectivity index (χ0n) is 10.0. The molecule has 0 fully saturated rings. The fraction of sp³-hybridized carbons (Fsp3) is 0.154. The van der Waals surface area contributed by atoms with E-state index < -0.39 is 17.7 Å². The highest BCUT2D eigenvalue weighted by atomic mass is 35.5. The highest BCUT2D eigenvalue weighted by Crippen LogP contribution is 2.31. The number of rotatable bonds is 1. The number of nitrogens with one attached hydrogen (secondary N) is 1. The minimum absolute atomic E-state index is 0.00152. The Hall–Kier alpha value is -2.08. The van der Waals surface area contributed by atoms with Crippen molar-refractivity contribution < 1.29 is 13.6 Å². The summed E-state index contributed by atoms with van der Waals surface area (Å²) in [6.07, 6.45) is 1.42. The minimum atomic E-state index is -1.12. The standard InChI is InChI=1S/C13H8ClF2N3O/c14-13-17-5-6-4-9(20)11(18-12(6)19-13)10-7(15)2-1-3-8(10)16/h1-3,5,11H,4H2,(H,17,18,19). The lowest BCUT2D eigenvalue weighted by Gasteiger charge is -2.25. The van der Waals surface area contributed by atoms with Crippen molar-refractivity contribution in [1.29, 1.82) is 0 Å². The van der Waals surface area contributed by atoms with Gasteiger partial charge in [0.1, 0.15) is 23.5 Å². The molecule has 0 saturated heterocycles. The molecule has 1 aliphatic heterocycles. The summed E-state index contributed by atoms with van der Waals surface area (Å²) >= 11 is 5.67. The Kier molecular flexibility index (Phi) is 3.10. The molecular weight excluding hydrogens is 288 g/mol. The van der Waals surface area contributed by atoms with Crippen LogP contribution in [-0.2, 0) is 11.2 Å². The first-order valence-corrected chi connectivity index (χ1v) is 6.18. The van der Waals surface area contributed by atoms with Gasteiger partial charge >= 0.3 is 0 Å². The van der Waals surface area contributed by atoms with Crippen molar-refractivity contribution in [1.82, 2.24) is 9.97 Å². The molecule has 2 heterocycles. The number of aromatic nitrogens is 2. The molecule has 1 aliphatic rings. The Bertz CT molecular complexity index is 688. The number of halogens is 3. The van der Waals surface area contributed by atoms with Crippen molar-refractivity contribution in [2.24, 2.45) is 0 Å². The van der Waals surface area contributed by atoms with E-state index in [1.807, 2.05) is 0 Å². The lowest BCUT2D eigenvalue weighted by Crippen LogP contribution is -2.30. The topological polar surface area (TPSA) is 54.9 Å². The Morgan fingerprint density at radius 2 is 2.00 bits per heavy atom. The van der Waals surface area contributed by atoms with E-state index in [1.165, 1.54) is 12.3 Å². The summed E-state index contributed by atoms with van der Waals surface area (Å²) in [5.74, 6) is -1.59. The molecule has 0 saturated carbocycles. The van der Waals surface area contributed by atoms with Gasteiger partial charge in [0.25, 0.3) is 0 Å². The van der Waals surface area contributed by atoms with Crippen LogP contribution in [0, 0.1) is 11.6 Å². The largest absolute Gasteiger partial charge is 0.356 e. The third kappa shape index (κ3) is 2.12. The summed E-state index contributed by atoms with van der Waals surface area (Å²) in [6.45, 7) is 0. The zero-order valence-corrected chi connectivity index (χ0v) is 10.8. The smallest absolute Gasteiger partial charge is 0.224 e. The number of carbonyl (C=O) groups is 1. The Morgan fingerprint density at radius 3 is 2.70 bits per heavy atom. The average Bonchev–Trinajstić information content (AvgIpc) is 2.39. The predicted octanol–water partition coefficient (Wildman–Crippen LogP) is 2.69. The Morgan fingerprint density at radius 1 is 1.30 bits per heavy atom. The van der Waals surface area contributed by atoms with Gasteiger partial charge in [-0.3, -0.25) is 4.79 Å². The second-order valence-corrected chi connectivity index (χ2v) is 4.71. The van der Waals surface area contributed by atoms with Crippen molar-refractivity contribution in [3.8, 4) is 0 Å². The summed E-state index contributed by atoms with van der Waals surface area (Å²) in [7, 11) is 0. The van der Waals surface area contributed by atoms with Gasteiger partial charge in [0.2, 0.25) is 5.28 Å². The second-order valence-electron chi connectivity index (χ2n) is 4.37. The molecule has 102 valence electrons. The van der Waals surface area contributed by atoms with Crippen molar-refractivity contribution >= 4 is 23.2 Å². The fourth-order valence-corrected chi connectivity index (χ4v) is 2.30. The fourth-order valence-electron chi connectivity index (χ4n) is 2.17. The molecule has 0 bridgehead atoms. The highest BCUT2D eigenvalue weighted by molar-refractivity contribution is 6.28. The lowest BCUT2D eigenvalue weighted by atomic mass is 9.94. The van der Waals surface area contributed by atoms with Gasteiger partial charge in [-0.2, -0.15) is 0 Å². The molecule has 20 heavy (non-hydrogen) atoms. The van der Waals surface area contributed by atoms with E-state index >= 15 is 0 Å². The van der Waals surface area contributed by atoms with Gasteiger partial charge in [-0.1, -0.05) is 6.07 Å². The molecule has 0 radical (unpaired) electrons. The van der Waals surface area contributed by atoms with Gasteiger partial charge in [0.05, 0.1) is 5.56 Å². The predicted molar refractivity (Wildman–Crippen MR) is 68.5 cm³/mol. The molecule has 1 unspecified atom stereocenters. The summed E-state index contributed by atoms with van der Waals surface area (Å²) in [6, 6.07) is 2.34. The van der Waals surface area contributed by atoms with Crippen LogP contribution in [0.15, 0.2) is 24.4 Å². The van der Waals surface area contributed by atoms with Crippen LogP contribution in [0.5, 0.6) is 0 Å². The van der Waals surface area contributed by atoms with Crippen molar-refractivity contribution in [2.75, 3.05) is 5.32 Å². The van der Waals surface area contributed by atoms with Gasteiger partial charge in [0.15, 0.2) is 5.78 Å². The van der Waals surface area contributed by atoms with Crippen LogP contribution < -0.4 is 5.32 Å². The van der Waals surface area contributed by atoms with E-state index in [0.29, 0.717) is 11.4 Å². The number of benzene rings is 1. The van der Waals surface area contributed by atoms with E-state index in [0.717, 1.165) is 12.1 Å². The van der Waals surface area contributed by atoms with Crippen molar-refractivity contribution in [2.45, 2.75) is 12.5 Å². The maximum atomic E-state index is 13.8. The minimum Gasteiger partial charge on any atom is -0.356 e. The molecule has 1 aromatic carbocycles. The first-order chi connectivity index (χ1) is 9.56. The van der Waals surface area contributed by atoms with E-state index in [1.54, 1.807) is 0 Å². The molecular formula is C13H8ClF2N3O. The maximum Gasteiger partial charge on any atom is 0.224 e. The van der Waals surface area contributed by atoms with Crippen LogP contribution in [0.3, 0.4) is 0 Å². The van der Waals surface area contributed by atoms with Crippen LogP contribution in [0.4, 0.5) is 14.6 Å². The molecule has 0 amide bonds. The van der Waals surface area contributed by atoms with Gasteiger partial charge in [-0.25, -0.2) is 18.7 Å². The molecule has 3 rings (SSSR count). The van der Waals surface area contributed by atoms with E-state index in [4.69, 9.17) is 11.6 Å². The third-order valence-electron chi connectivity index (χ3n) is 3.09. The SMILES string of the molecule is O=C1Cc2cnc(Cl)nc2NC1c1c(F)cccc1F. The highest BCUT2D eigenvalue weighted by Gasteiger charge is 2.32. The van der Waals surface area contributed by atoms with E-state index in [2.05, 4.69) is 15.3 Å². The summed E-state index contributed by atoms with van der Waals surface area (Å²) in [4.78, 5) is 19.8. The van der Waals surface area contributed by atoms with Crippen LogP contribution in [0.25, 0.3) is 0 Å². The number of ketones is 1. The number of hydrogen-bond donors (Lipinski definition) is 1. The van der Waals surface area contributed by atoms with Gasteiger partial charge in [-0.15, -0.1) is 0 Å². The molecule has 0 aliphatic carbocycles. The zero-order chi connectivity index (χ0) is 14.3. The number of nitrogens with zero attached hydrogens (tertiary/aromatic N) is 2. The third-order valence-corrected chi connectivity index (χ3v) is 3.27. The molecule has 2 aromatic rings. The number of hydrogen-bond acceptors (Lipinski definition) is 4. The van der Waals surface area contributed by atoms with Gasteiger partial charge in [-0.05, 0) is 23.7 Å². The van der Waals surface area contributed by atoms with Crippen LogP contribution in [-0.4, -0.2) is 15.8 Å². The van der Waals surface area contributed by atoms with Crippen molar-refractivity contribution in [3.63, 3.8) is 0 Å². The monoisotopic (exact) mass is 295 g/mol. The molecule has 1 atom stereocenters. The molecule has 1 N–H and O–H groups in total. The quantitative estimate of drug-likeness (QED) is 0.822. The van der Waals surface area contributed by atoms with E-state index in [9.17, 15) is 13.6 Å². The van der Waals surface area contributed by atoms with Crippen LogP contribution in [0.2, 0.25) is 5.28 Å². The maximum absolute atomic E-state index is 13.8. The first kappa shape index (κ1) is 12.9. The second kappa shape index (κ2) is 4.79. The average molecular weight is 296 g/mol. The summed E-state index contributed by atoms with van der Waals surface area (Å²) < 4.78 is 27.5. The number of Topliss-reactive ketones (excluding diaryl/α,β-unsaturated/α-hetero) is 1. The van der Waals surface area contributed by atoms with Crippen LogP contribution in [0.1, 0.15) is 17.2 Å². The molecule has 7 heteroatoms. The Balaban J connectivity index is 2.06. The number of fused-ring (bicyclic) bond motifs is 1. The number of carbonyl (C=O) groups excluding carboxylic acids is 1. The molecule has 1 aromatic heterocycles. The normalized spacial score (nSPS) is 17.6. The van der Waals surface area contributed by atoms with Gasteiger partial charge < -0.3 is 5.32 Å². The lowest BCUT2D eigenvalue weighted by molar-refractivity contribution is -0.119. The summed E-state index contributed by atoms with van der Waals surface area (Å²) in [5.41, 5.74) is 0.241. The Labute approximate surface area is 117 Å². The summed E-state index contributed by atoms with van der Waals surface area (Å²) in [5, 5.41) is 2.72. The van der Waals surface area contributed by atoms with Crippen LogP contribution >= 0.6 is 11.6 Å². The molecule has 4 nitrogen and oxygen atoms in total. The van der Waals surface area contributed by atoms with E-state index in [-0.39, 0.29) is 23.1 Å². The number of anilines is 1.